The number of nitrogens with two attached hydrogens (primary N) is 1. The van der Waals surface area contributed by atoms with Crippen molar-refractivity contribution in [3.8, 4) is 0 Å². The minimum absolute atomic E-state index is 0.0429. The van der Waals surface area contributed by atoms with Gasteiger partial charge in [-0.1, -0.05) is 32.1 Å². The third kappa shape index (κ3) is 7.74. The predicted molar refractivity (Wildman–Crippen MR) is 139 cm³/mol. The molecule has 7 unspecified atom stereocenters. The van der Waals surface area contributed by atoms with Crippen LogP contribution in [0.15, 0.2) is 0 Å². The van der Waals surface area contributed by atoms with Gasteiger partial charge >= 0.3 is 6.18 Å². The summed E-state index contributed by atoms with van der Waals surface area (Å²) in [6.07, 6.45) is 3.40. The molecule has 0 radical (unpaired) electrons. The van der Waals surface area contributed by atoms with E-state index >= 15 is 0 Å². The summed E-state index contributed by atoms with van der Waals surface area (Å²) in [5.74, 6) is 0.349. The number of rotatable bonds is 10. The Bertz CT molecular complexity index is 694. The van der Waals surface area contributed by atoms with Crippen LogP contribution in [0, 0.1) is 23.7 Å². The number of aliphatic hydroxyl groups excluding tert-OH is 2. The Kier molecular flexibility index (Phi) is 10.9. The Morgan fingerprint density at radius 3 is 2.43 bits per heavy atom. The van der Waals surface area contributed by atoms with Crippen molar-refractivity contribution in [1.29, 1.82) is 0 Å². The molecule has 2 saturated heterocycles. The van der Waals surface area contributed by atoms with Crippen LogP contribution >= 0.6 is 11.8 Å². The van der Waals surface area contributed by atoms with Crippen LogP contribution in [0.4, 0.5) is 13.2 Å². The van der Waals surface area contributed by atoms with Gasteiger partial charge in [-0.3, -0.25) is 10.7 Å². The molecule has 0 bridgehead atoms. The minimum Gasteiger partial charge on any atom is -0.377 e. The molecule has 2 saturated carbocycles. The average molecular weight is 553 g/mol. The molecule has 6 N–H and O–H groups in total. The normalized spacial score (nSPS) is 37.1. The van der Waals surface area contributed by atoms with Crippen molar-refractivity contribution in [1.82, 2.24) is 15.8 Å². The second-order valence-electron chi connectivity index (χ2n) is 11.6. The fourth-order valence-corrected chi connectivity index (χ4v) is 8.74. The molecule has 2 aliphatic heterocycles. The van der Waals surface area contributed by atoms with Gasteiger partial charge in [0.05, 0.1) is 12.2 Å². The van der Waals surface area contributed by atoms with Gasteiger partial charge in [-0.05, 0) is 69.1 Å². The number of hydrazine groups is 1. The van der Waals surface area contributed by atoms with E-state index in [-0.39, 0.29) is 17.9 Å². The van der Waals surface area contributed by atoms with Crippen LogP contribution in [0.2, 0.25) is 0 Å². The number of ether oxygens (including phenoxy) is 1. The van der Waals surface area contributed by atoms with Gasteiger partial charge < -0.3 is 20.7 Å². The summed E-state index contributed by atoms with van der Waals surface area (Å²) < 4.78 is 47.0. The van der Waals surface area contributed by atoms with Crippen molar-refractivity contribution in [3.63, 3.8) is 0 Å². The van der Waals surface area contributed by atoms with E-state index in [4.69, 9.17) is 10.5 Å². The molecule has 0 amide bonds. The molecule has 7 nitrogen and oxygen atoms in total. The maximum atomic E-state index is 13.9. The number of thioether (sulfide) groups is 1. The van der Waals surface area contributed by atoms with E-state index in [1.54, 1.807) is 0 Å². The van der Waals surface area contributed by atoms with Crippen LogP contribution in [0.25, 0.3) is 0 Å². The number of hydrogen-bond donors (Lipinski definition) is 5. The van der Waals surface area contributed by atoms with Crippen LogP contribution in [0.3, 0.4) is 0 Å². The van der Waals surface area contributed by atoms with E-state index in [1.807, 2.05) is 6.92 Å². The SMILES string of the molecule is CCOC(O)C1CCNN1CC1CCC(C(N)NC(O)C2CC(C3CCCCC3)C(C(F)(F)F)S2)CC1. The summed E-state index contributed by atoms with van der Waals surface area (Å²) in [4.78, 5) is 0. The smallest absolute Gasteiger partial charge is 0.377 e. The zero-order valence-electron chi connectivity index (χ0n) is 22.0. The first kappa shape index (κ1) is 29.8. The maximum Gasteiger partial charge on any atom is 0.400 e. The summed E-state index contributed by atoms with van der Waals surface area (Å²) in [5, 5.41) is 24.5. The Morgan fingerprint density at radius 1 is 1.08 bits per heavy atom. The molecule has 11 heteroatoms. The fourth-order valence-electron chi connectivity index (χ4n) is 7.12. The van der Waals surface area contributed by atoms with Crippen LogP contribution in [0.5, 0.6) is 0 Å². The zero-order chi connectivity index (χ0) is 26.6. The molecule has 0 aromatic heterocycles. The summed E-state index contributed by atoms with van der Waals surface area (Å²) in [5.41, 5.74) is 9.81. The first-order chi connectivity index (χ1) is 17.7. The van der Waals surface area contributed by atoms with Gasteiger partial charge in [0.1, 0.15) is 11.5 Å². The Morgan fingerprint density at radius 2 is 1.78 bits per heavy atom. The highest BCUT2D eigenvalue weighted by molar-refractivity contribution is 8.00. The lowest BCUT2D eigenvalue weighted by Gasteiger charge is -2.37. The van der Waals surface area contributed by atoms with Gasteiger partial charge in [0, 0.05) is 24.9 Å². The molecule has 4 fully saturated rings. The lowest BCUT2D eigenvalue weighted by molar-refractivity contribution is -0.141. The third-order valence-corrected chi connectivity index (χ3v) is 10.9. The van der Waals surface area contributed by atoms with Gasteiger partial charge in [0.2, 0.25) is 0 Å². The number of nitrogens with zero attached hydrogens (tertiary/aromatic N) is 1. The molecule has 4 rings (SSSR count). The van der Waals surface area contributed by atoms with E-state index in [0.29, 0.717) is 18.9 Å². The van der Waals surface area contributed by atoms with Gasteiger partial charge in [0.15, 0.2) is 6.29 Å². The Labute approximate surface area is 223 Å². The maximum absolute atomic E-state index is 13.9. The second kappa shape index (κ2) is 13.5. The van der Waals surface area contributed by atoms with Gasteiger partial charge in [-0.25, -0.2) is 5.01 Å². The second-order valence-corrected chi connectivity index (χ2v) is 13.0. The zero-order valence-corrected chi connectivity index (χ0v) is 22.9. The molecule has 0 spiro atoms. The molecule has 7 atom stereocenters. The number of alkyl halides is 3. The van der Waals surface area contributed by atoms with Crippen LogP contribution in [-0.4, -0.2) is 76.3 Å². The summed E-state index contributed by atoms with van der Waals surface area (Å²) >= 11 is 0.904. The molecule has 0 aromatic carbocycles. The number of nitrogens with one attached hydrogen (secondary N) is 2. The average Bonchev–Trinajstić information content (AvgIpc) is 3.53. The molecule has 2 heterocycles. The molecule has 216 valence electrons. The molecule has 37 heavy (non-hydrogen) atoms. The van der Waals surface area contributed by atoms with Crippen molar-refractivity contribution >= 4 is 11.8 Å². The van der Waals surface area contributed by atoms with Crippen molar-refractivity contribution in [2.24, 2.45) is 29.4 Å². The molecular weight excluding hydrogens is 505 g/mol. The first-order valence-corrected chi connectivity index (χ1v) is 15.3. The Balaban J connectivity index is 1.24. The number of hydrogen-bond acceptors (Lipinski definition) is 8. The standard InChI is InChI=1S/C26H47F3N4O3S/c1-2-36-25(35)20-12-13-31-33(20)15-16-8-10-18(11-9-16)23(30)32-24(34)21-14-19(17-6-4-3-5-7-17)22(37-21)26(27,28)29/h16-25,31-32,34-35H,2-15,30H2,1H3. The highest BCUT2D eigenvalue weighted by atomic mass is 32.2. The molecular formula is C26H47F3N4O3S. The van der Waals surface area contributed by atoms with Crippen molar-refractivity contribution in [2.45, 2.75) is 119 Å². The topological polar surface area (TPSA) is 103 Å². The predicted octanol–water partition coefficient (Wildman–Crippen LogP) is 3.55. The Hall–Kier alpha value is -0.140. The van der Waals surface area contributed by atoms with Crippen LogP contribution < -0.4 is 16.5 Å². The van der Waals surface area contributed by atoms with Gasteiger partial charge in [-0.15, -0.1) is 11.8 Å². The lowest BCUT2D eigenvalue weighted by atomic mass is 9.76. The van der Waals surface area contributed by atoms with Gasteiger partial charge in [0.25, 0.3) is 0 Å². The van der Waals surface area contributed by atoms with Crippen molar-refractivity contribution in [2.75, 3.05) is 19.7 Å². The van der Waals surface area contributed by atoms with E-state index in [2.05, 4.69) is 15.8 Å². The number of halogens is 3. The summed E-state index contributed by atoms with van der Waals surface area (Å²) in [6.45, 7) is 4.02. The van der Waals surface area contributed by atoms with E-state index in [0.717, 1.165) is 89.1 Å². The van der Waals surface area contributed by atoms with Crippen LogP contribution in [0.1, 0.15) is 77.6 Å². The lowest BCUT2D eigenvalue weighted by Crippen LogP contribution is -2.53. The highest BCUT2D eigenvalue weighted by Gasteiger charge is 2.54. The quantitative estimate of drug-likeness (QED) is 0.262. The fraction of sp³-hybridized carbons (Fsp3) is 1.00. The summed E-state index contributed by atoms with van der Waals surface area (Å²) in [7, 11) is 0. The van der Waals surface area contributed by atoms with E-state index < -0.39 is 41.3 Å². The summed E-state index contributed by atoms with van der Waals surface area (Å²) in [6, 6.07) is -0.0429. The molecule has 4 aliphatic rings. The monoisotopic (exact) mass is 552 g/mol. The minimum atomic E-state index is -4.25. The van der Waals surface area contributed by atoms with Crippen molar-refractivity contribution < 1.29 is 28.1 Å². The van der Waals surface area contributed by atoms with Crippen molar-refractivity contribution in [3.05, 3.63) is 0 Å². The first-order valence-electron chi connectivity index (χ1n) is 14.4. The van der Waals surface area contributed by atoms with Gasteiger partial charge in [-0.2, -0.15) is 13.2 Å². The van der Waals surface area contributed by atoms with Crippen LogP contribution in [-0.2, 0) is 4.74 Å². The van der Waals surface area contributed by atoms with E-state index in [1.165, 1.54) is 0 Å². The number of aliphatic hydroxyl groups is 2. The third-order valence-electron chi connectivity index (χ3n) is 9.18. The largest absolute Gasteiger partial charge is 0.400 e. The highest BCUT2D eigenvalue weighted by Crippen LogP contribution is 2.52. The molecule has 0 aromatic rings. The molecule has 2 aliphatic carbocycles. The van der Waals surface area contributed by atoms with E-state index in [9.17, 15) is 23.4 Å².